The summed E-state index contributed by atoms with van der Waals surface area (Å²) in [4.78, 5) is 12.4. The van der Waals surface area contributed by atoms with Crippen molar-refractivity contribution in [3.63, 3.8) is 0 Å². The van der Waals surface area contributed by atoms with Crippen LogP contribution < -0.4 is 14.8 Å². The van der Waals surface area contributed by atoms with E-state index in [0.29, 0.717) is 22.2 Å². The zero-order valence-corrected chi connectivity index (χ0v) is 15.3. The Morgan fingerprint density at radius 2 is 2.00 bits per heavy atom. The van der Waals surface area contributed by atoms with E-state index in [1.54, 1.807) is 19.2 Å². The summed E-state index contributed by atoms with van der Waals surface area (Å²) >= 11 is 6.23. The first-order valence-electron chi connectivity index (χ1n) is 7.59. The molecule has 24 heavy (non-hydrogen) atoms. The fourth-order valence-electron chi connectivity index (χ4n) is 2.60. The van der Waals surface area contributed by atoms with E-state index in [9.17, 15) is 4.79 Å². The van der Waals surface area contributed by atoms with E-state index in [4.69, 9.17) is 21.1 Å². The lowest BCUT2D eigenvalue weighted by atomic mass is 10.2. The molecule has 2 rings (SSSR count). The highest BCUT2D eigenvalue weighted by Gasteiger charge is 2.18. The molecule has 0 unspecified atom stereocenters. The van der Waals surface area contributed by atoms with Gasteiger partial charge < -0.3 is 14.8 Å². The molecule has 0 aliphatic carbocycles. The standard InChI is InChI=1S/C17H22ClN3O3/c1-10-6-11(2)21(20-10)12(3)7-16(22)19-17-14(18)8-13(23-4)9-15(17)24-5/h6,8-9,12H,7H2,1-5H3,(H,19,22)/t12-/m0/s1. The third-order valence-electron chi connectivity index (χ3n) is 3.69. The number of rotatable bonds is 6. The van der Waals surface area contributed by atoms with Gasteiger partial charge in [-0.05, 0) is 26.8 Å². The Balaban J connectivity index is 2.14. The predicted octanol–water partition coefficient (Wildman–Crippen LogP) is 3.76. The molecule has 1 atom stereocenters. The maximum absolute atomic E-state index is 12.4. The van der Waals surface area contributed by atoms with Crippen molar-refractivity contribution in [2.75, 3.05) is 19.5 Å². The Morgan fingerprint density at radius 1 is 1.29 bits per heavy atom. The van der Waals surface area contributed by atoms with Crippen molar-refractivity contribution in [2.45, 2.75) is 33.2 Å². The summed E-state index contributed by atoms with van der Waals surface area (Å²) in [6.07, 6.45) is 0.271. The quantitative estimate of drug-likeness (QED) is 0.860. The second-order valence-electron chi connectivity index (χ2n) is 5.66. The molecule has 1 amide bonds. The number of carbonyl (C=O) groups is 1. The maximum atomic E-state index is 12.4. The predicted molar refractivity (Wildman–Crippen MR) is 94.2 cm³/mol. The van der Waals surface area contributed by atoms with Crippen LogP contribution >= 0.6 is 11.6 Å². The minimum atomic E-state index is -0.166. The van der Waals surface area contributed by atoms with Crippen LogP contribution in [0.2, 0.25) is 5.02 Å². The van der Waals surface area contributed by atoms with Crippen molar-refractivity contribution in [2.24, 2.45) is 0 Å². The molecule has 7 heteroatoms. The van der Waals surface area contributed by atoms with E-state index in [-0.39, 0.29) is 18.4 Å². The molecule has 0 bridgehead atoms. The summed E-state index contributed by atoms with van der Waals surface area (Å²) < 4.78 is 12.3. The van der Waals surface area contributed by atoms with Gasteiger partial charge in [0.25, 0.3) is 0 Å². The summed E-state index contributed by atoms with van der Waals surface area (Å²) in [6, 6.07) is 5.22. The number of benzene rings is 1. The number of hydrogen-bond donors (Lipinski definition) is 1. The van der Waals surface area contributed by atoms with Gasteiger partial charge in [-0.15, -0.1) is 0 Å². The average molecular weight is 352 g/mol. The van der Waals surface area contributed by atoms with Crippen LogP contribution in [0.5, 0.6) is 11.5 Å². The van der Waals surface area contributed by atoms with Crippen LogP contribution in [-0.4, -0.2) is 29.9 Å². The SMILES string of the molecule is COc1cc(Cl)c(NC(=O)C[C@H](C)n2nc(C)cc2C)c(OC)c1. The Hall–Kier alpha value is -2.21. The Morgan fingerprint density at radius 3 is 2.54 bits per heavy atom. The van der Waals surface area contributed by atoms with Crippen molar-refractivity contribution in [1.29, 1.82) is 0 Å². The number of amides is 1. The van der Waals surface area contributed by atoms with Crippen LogP contribution in [0.1, 0.15) is 30.8 Å². The van der Waals surface area contributed by atoms with Crippen LogP contribution in [0.4, 0.5) is 5.69 Å². The van der Waals surface area contributed by atoms with E-state index in [1.807, 2.05) is 31.5 Å². The van der Waals surface area contributed by atoms with E-state index in [2.05, 4.69) is 10.4 Å². The molecule has 2 aromatic rings. The van der Waals surface area contributed by atoms with Crippen LogP contribution in [0.15, 0.2) is 18.2 Å². The monoisotopic (exact) mass is 351 g/mol. The fraction of sp³-hybridized carbons (Fsp3) is 0.412. The molecule has 1 N–H and O–H groups in total. The zero-order valence-electron chi connectivity index (χ0n) is 14.5. The second kappa shape index (κ2) is 7.57. The normalized spacial score (nSPS) is 11.9. The van der Waals surface area contributed by atoms with Crippen molar-refractivity contribution in [3.05, 3.63) is 34.6 Å². The zero-order chi connectivity index (χ0) is 17.9. The highest BCUT2D eigenvalue weighted by Crippen LogP contribution is 2.37. The molecule has 0 saturated carbocycles. The topological polar surface area (TPSA) is 65.4 Å². The number of aryl methyl sites for hydroxylation is 2. The van der Waals surface area contributed by atoms with Gasteiger partial charge in [-0.25, -0.2) is 0 Å². The number of nitrogens with one attached hydrogen (secondary N) is 1. The Kier molecular flexibility index (Phi) is 5.72. The van der Waals surface area contributed by atoms with Gasteiger partial charge in [0.05, 0.1) is 31.0 Å². The van der Waals surface area contributed by atoms with Crippen LogP contribution in [-0.2, 0) is 4.79 Å². The number of methoxy groups -OCH3 is 2. The largest absolute Gasteiger partial charge is 0.497 e. The van der Waals surface area contributed by atoms with E-state index in [0.717, 1.165) is 11.4 Å². The molecule has 0 aliphatic rings. The molecular formula is C17H22ClN3O3. The Labute approximate surface area is 146 Å². The van der Waals surface area contributed by atoms with Gasteiger partial charge in [-0.3, -0.25) is 9.48 Å². The molecule has 130 valence electrons. The number of hydrogen-bond acceptors (Lipinski definition) is 4. The van der Waals surface area contributed by atoms with Crippen LogP contribution in [0.3, 0.4) is 0 Å². The molecule has 0 fully saturated rings. The van der Waals surface area contributed by atoms with Gasteiger partial charge >= 0.3 is 0 Å². The van der Waals surface area contributed by atoms with Gasteiger partial charge in [0.15, 0.2) is 0 Å². The molecule has 1 heterocycles. The van der Waals surface area contributed by atoms with Gasteiger partial charge in [-0.2, -0.15) is 5.10 Å². The van der Waals surface area contributed by atoms with Gasteiger partial charge in [0.2, 0.25) is 5.91 Å². The molecule has 1 aromatic heterocycles. The first-order valence-corrected chi connectivity index (χ1v) is 7.97. The number of nitrogens with zero attached hydrogens (tertiary/aromatic N) is 2. The third-order valence-corrected chi connectivity index (χ3v) is 3.99. The molecule has 1 aromatic carbocycles. The number of anilines is 1. The van der Waals surface area contributed by atoms with Crippen molar-refractivity contribution in [1.82, 2.24) is 9.78 Å². The molecule has 0 spiro atoms. The smallest absolute Gasteiger partial charge is 0.226 e. The summed E-state index contributed by atoms with van der Waals surface area (Å²) in [5, 5.41) is 7.59. The van der Waals surface area contributed by atoms with Gasteiger partial charge in [-0.1, -0.05) is 11.6 Å². The van der Waals surface area contributed by atoms with Crippen molar-refractivity contribution in [3.8, 4) is 11.5 Å². The minimum Gasteiger partial charge on any atom is -0.497 e. The maximum Gasteiger partial charge on any atom is 0.226 e. The average Bonchev–Trinajstić information content (AvgIpc) is 2.87. The lowest BCUT2D eigenvalue weighted by molar-refractivity contribution is -0.116. The number of halogens is 1. The Bertz CT molecular complexity index is 743. The summed E-state index contributed by atoms with van der Waals surface area (Å²) in [5.74, 6) is 0.845. The number of aromatic nitrogens is 2. The molecule has 0 saturated heterocycles. The fourth-order valence-corrected chi connectivity index (χ4v) is 2.84. The molecule has 6 nitrogen and oxygen atoms in total. The van der Waals surface area contributed by atoms with Crippen LogP contribution in [0.25, 0.3) is 0 Å². The van der Waals surface area contributed by atoms with E-state index in [1.165, 1.54) is 7.11 Å². The summed E-state index contributed by atoms with van der Waals surface area (Å²) in [5.41, 5.74) is 2.39. The lowest BCUT2D eigenvalue weighted by Gasteiger charge is -2.16. The lowest BCUT2D eigenvalue weighted by Crippen LogP contribution is -2.19. The molecular weight excluding hydrogens is 330 g/mol. The molecule has 0 aliphatic heterocycles. The second-order valence-corrected chi connectivity index (χ2v) is 6.07. The highest BCUT2D eigenvalue weighted by atomic mass is 35.5. The van der Waals surface area contributed by atoms with E-state index >= 15 is 0 Å². The third kappa shape index (κ3) is 4.00. The summed E-state index contributed by atoms with van der Waals surface area (Å²) in [6.45, 7) is 5.85. The number of carbonyl (C=O) groups excluding carboxylic acids is 1. The van der Waals surface area contributed by atoms with Gasteiger partial charge in [0.1, 0.15) is 17.2 Å². The van der Waals surface area contributed by atoms with Gasteiger partial charge in [0, 0.05) is 24.2 Å². The first kappa shape index (κ1) is 18.1. The first-order chi connectivity index (χ1) is 11.3. The molecule has 0 radical (unpaired) electrons. The number of ether oxygens (including phenoxy) is 2. The highest BCUT2D eigenvalue weighted by molar-refractivity contribution is 6.34. The van der Waals surface area contributed by atoms with Crippen LogP contribution in [0, 0.1) is 13.8 Å². The van der Waals surface area contributed by atoms with Crippen molar-refractivity contribution >= 4 is 23.2 Å². The van der Waals surface area contributed by atoms with Crippen molar-refractivity contribution < 1.29 is 14.3 Å². The summed E-state index contributed by atoms with van der Waals surface area (Å²) in [7, 11) is 3.05. The minimum absolute atomic E-state index is 0.0679. The van der Waals surface area contributed by atoms with E-state index < -0.39 is 0 Å².